The Morgan fingerprint density at radius 1 is 1.18 bits per heavy atom. The maximum absolute atomic E-state index is 10.6. The molecule has 0 aromatic carbocycles. The third-order valence-electron chi connectivity index (χ3n) is 0.947. The first-order chi connectivity index (χ1) is 5.15. The molecule has 0 saturated heterocycles. The fraction of sp³-hybridized carbons (Fsp3) is 0. The number of nitrogens with zero attached hydrogens (tertiary/aromatic N) is 2. The van der Waals surface area contributed by atoms with Gasteiger partial charge in [0.15, 0.2) is 6.19 Å². The van der Waals surface area contributed by atoms with Crippen LogP contribution in [0.15, 0.2) is 14.4 Å². The van der Waals surface area contributed by atoms with E-state index in [-0.39, 0.29) is 4.57 Å². The molecular weight excluding hydrogens is 152 g/mol. The number of hydrogen-bond donors (Lipinski definition) is 2. The Kier molecular flexibility index (Phi) is 1.44. The first-order valence-corrected chi connectivity index (χ1v) is 2.51. The topological polar surface area (TPSA) is 112 Å². The van der Waals surface area contributed by atoms with Crippen LogP contribution in [0.25, 0.3) is 0 Å². The first kappa shape index (κ1) is 7.01. The van der Waals surface area contributed by atoms with Crippen LogP contribution in [0.5, 0.6) is 0 Å². The largest absolute Gasteiger partial charge is 0.347 e. The number of aromatic nitrogens is 3. The number of H-pyrrole nitrogens is 2. The van der Waals surface area contributed by atoms with Gasteiger partial charge in [-0.2, -0.15) is 5.26 Å². The van der Waals surface area contributed by atoms with Crippen LogP contribution < -0.4 is 17.1 Å². The lowest BCUT2D eigenvalue weighted by Crippen LogP contribution is -2.41. The van der Waals surface area contributed by atoms with Gasteiger partial charge in [-0.25, -0.2) is 14.4 Å². The molecule has 56 valence electrons. The molecule has 0 atom stereocenters. The van der Waals surface area contributed by atoms with Crippen molar-refractivity contribution < 1.29 is 0 Å². The highest BCUT2D eigenvalue weighted by Gasteiger charge is 1.98. The predicted octanol–water partition coefficient (Wildman–Crippen LogP) is -2.45. The Bertz CT molecular complexity index is 435. The summed E-state index contributed by atoms with van der Waals surface area (Å²) in [4.78, 5) is 34.9. The van der Waals surface area contributed by atoms with Gasteiger partial charge in [0, 0.05) is 0 Å². The average molecular weight is 154 g/mol. The molecule has 7 nitrogen and oxygen atoms in total. The lowest BCUT2D eigenvalue weighted by Gasteiger charge is -1.85. The average Bonchev–Trinajstić information content (AvgIpc) is 1.85. The van der Waals surface area contributed by atoms with Crippen molar-refractivity contribution in [1.29, 1.82) is 5.26 Å². The van der Waals surface area contributed by atoms with Gasteiger partial charge in [0.1, 0.15) is 0 Å². The number of rotatable bonds is 0. The van der Waals surface area contributed by atoms with Crippen molar-refractivity contribution in [3.8, 4) is 6.19 Å². The molecule has 0 saturated carbocycles. The van der Waals surface area contributed by atoms with Crippen molar-refractivity contribution in [2.45, 2.75) is 0 Å². The van der Waals surface area contributed by atoms with Crippen molar-refractivity contribution in [3.05, 3.63) is 31.5 Å². The molecule has 7 heteroatoms. The molecule has 0 amide bonds. The Morgan fingerprint density at radius 3 is 2.00 bits per heavy atom. The summed E-state index contributed by atoms with van der Waals surface area (Å²) >= 11 is 0. The zero-order valence-electron chi connectivity index (χ0n) is 5.12. The zero-order chi connectivity index (χ0) is 8.43. The fourth-order valence-corrected chi connectivity index (χ4v) is 0.520. The van der Waals surface area contributed by atoms with Crippen LogP contribution in [-0.2, 0) is 0 Å². The molecule has 0 spiro atoms. The van der Waals surface area contributed by atoms with Gasteiger partial charge in [-0.1, -0.05) is 0 Å². The van der Waals surface area contributed by atoms with E-state index in [0.717, 1.165) is 0 Å². The van der Waals surface area contributed by atoms with Gasteiger partial charge in [-0.15, -0.1) is 4.57 Å². The van der Waals surface area contributed by atoms with Gasteiger partial charge in [0.05, 0.1) is 0 Å². The van der Waals surface area contributed by atoms with Crippen molar-refractivity contribution in [1.82, 2.24) is 14.5 Å². The maximum atomic E-state index is 10.6. The summed E-state index contributed by atoms with van der Waals surface area (Å²) in [5, 5.41) is 8.16. The van der Waals surface area contributed by atoms with Crippen molar-refractivity contribution >= 4 is 0 Å². The Hall–Kier alpha value is -2.10. The van der Waals surface area contributed by atoms with Crippen molar-refractivity contribution in [2.75, 3.05) is 0 Å². The Morgan fingerprint density at radius 2 is 1.64 bits per heavy atom. The molecule has 1 aromatic heterocycles. The smallest absolute Gasteiger partial charge is 0.258 e. The van der Waals surface area contributed by atoms with E-state index in [1.54, 1.807) is 9.97 Å². The molecule has 0 unspecified atom stereocenters. The van der Waals surface area contributed by atoms with E-state index in [4.69, 9.17) is 5.26 Å². The number of aromatic amines is 2. The lowest BCUT2D eigenvalue weighted by molar-refractivity contribution is 0.794. The highest BCUT2D eigenvalue weighted by Crippen LogP contribution is 1.49. The summed E-state index contributed by atoms with van der Waals surface area (Å²) in [5.41, 5.74) is -3.01. The summed E-state index contributed by atoms with van der Waals surface area (Å²) in [6.45, 7) is 0. The minimum atomic E-state index is -1.04. The van der Waals surface area contributed by atoms with Gasteiger partial charge >= 0.3 is 17.1 Å². The minimum Gasteiger partial charge on any atom is -0.258 e. The van der Waals surface area contributed by atoms with E-state index in [1.807, 2.05) is 0 Å². The molecule has 0 radical (unpaired) electrons. The minimum absolute atomic E-state index is 0.196. The Labute approximate surface area is 58.5 Å². The second-order valence-corrected chi connectivity index (χ2v) is 1.62. The summed E-state index contributed by atoms with van der Waals surface area (Å²) in [7, 11) is 0. The molecule has 0 fully saturated rings. The van der Waals surface area contributed by atoms with E-state index < -0.39 is 17.1 Å². The number of nitrogens with one attached hydrogen (secondary N) is 2. The predicted molar refractivity (Wildman–Crippen MR) is 33.0 cm³/mol. The lowest BCUT2D eigenvalue weighted by atomic mass is 10.9. The van der Waals surface area contributed by atoms with Crippen LogP contribution in [0.4, 0.5) is 0 Å². The van der Waals surface area contributed by atoms with Crippen LogP contribution in [0.3, 0.4) is 0 Å². The van der Waals surface area contributed by atoms with Gasteiger partial charge in [-0.3, -0.25) is 9.97 Å². The van der Waals surface area contributed by atoms with E-state index in [0.29, 0.717) is 0 Å². The molecule has 1 rings (SSSR count). The van der Waals surface area contributed by atoms with Gasteiger partial charge in [0.2, 0.25) is 0 Å². The van der Waals surface area contributed by atoms with Gasteiger partial charge < -0.3 is 0 Å². The third kappa shape index (κ3) is 1.09. The molecule has 0 aliphatic carbocycles. The fourth-order valence-electron chi connectivity index (χ4n) is 0.520. The van der Waals surface area contributed by atoms with Crippen molar-refractivity contribution in [2.24, 2.45) is 0 Å². The SMILES string of the molecule is N#Cn1c(=O)[nH]c(=O)[nH]c1=O. The standard InChI is InChI=1S/C4H2N4O3/c5-1-8-3(10)6-2(9)7-4(8)11/h(H2,6,7,9,10,11). The molecule has 0 aliphatic heterocycles. The third-order valence-corrected chi connectivity index (χ3v) is 0.947. The maximum Gasteiger partial charge on any atom is 0.347 e. The molecule has 1 heterocycles. The van der Waals surface area contributed by atoms with E-state index >= 15 is 0 Å². The zero-order valence-corrected chi connectivity index (χ0v) is 5.12. The summed E-state index contributed by atoms with van der Waals surface area (Å²) in [6, 6.07) is 0. The second-order valence-electron chi connectivity index (χ2n) is 1.62. The number of hydrogen-bond acceptors (Lipinski definition) is 4. The van der Waals surface area contributed by atoms with Crippen LogP contribution in [-0.4, -0.2) is 14.5 Å². The monoisotopic (exact) mass is 154 g/mol. The van der Waals surface area contributed by atoms with Crippen LogP contribution in [0, 0.1) is 11.5 Å². The summed E-state index contributed by atoms with van der Waals surface area (Å²) in [6.07, 6.45) is 1.28. The molecule has 2 N–H and O–H groups in total. The number of nitriles is 1. The Balaban J connectivity index is 3.82. The quantitative estimate of drug-likeness (QED) is 0.432. The van der Waals surface area contributed by atoms with E-state index in [1.165, 1.54) is 6.19 Å². The highest BCUT2D eigenvalue weighted by atomic mass is 16.2. The van der Waals surface area contributed by atoms with Gasteiger partial charge in [-0.05, 0) is 0 Å². The summed E-state index contributed by atoms with van der Waals surface area (Å²) in [5.74, 6) is 0. The highest BCUT2D eigenvalue weighted by molar-refractivity contribution is 4.81. The van der Waals surface area contributed by atoms with Crippen LogP contribution in [0.1, 0.15) is 0 Å². The van der Waals surface area contributed by atoms with E-state index in [9.17, 15) is 14.4 Å². The van der Waals surface area contributed by atoms with Crippen molar-refractivity contribution in [3.63, 3.8) is 0 Å². The first-order valence-electron chi connectivity index (χ1n) is 2.51. The van der Waals surface area contributed by atoms with Crippen LogP contribution in [0.2, 0.25) is 0 Å². The van der Waals surface area contributed by atoms with E-state index in [2.05, 4.69) is 0 Å². The molecule has 1 aromatic rings. The molecule has 0 bridgehead atoms. The molecule has 0 aliphatic rings. The van der Waals surface area contributed by atoms with Crippen LogP contribution >= 0.6 is 0 Å². The summed E-state index contributed by atoms with van der Waals surface area (Å²) < 4.78 is 0.196. The molecular formula is C4H2N4O3. The molecule has 11 heavy (non-hydrogen) atoms. The normalized spacial score (nSPS) is 9.00. The van der Waals surface area contributed by atoms with Gasteiger partial charge in [0.25, 0.3) is 0 Å². The second kappa shape index (κ2) is 2.26.